The molecule has 0 bridgehead atoms. The Balaban J connectivity index is 0.000000374. The zero-order chi connectivity index (χ0) is 24.0. The molecule has 0 saturated carbocycles. The van der Waals surface area contributed by atoms with E-state index in [-0.39, 0.29) is 24.1 Å². The minimum atomic E-state index is -0.508. The number of rotatable bonds is 3. The average Bonchev–Trinajstić information content (AvgIpc) is 2.78. The van der Waals surface area contributed by atoms with E-state index in [1.165, 1.54) is 12.1 Å². The fourth-order valence-electron chi connectivity index (χ4n) is 3.88. The van der Waals surface area contributed by atoms with Crippen LogP contribution in [0.15, 0.2) is 72.8 Å². The fraction of sp³-hybridized carbons (Fsp3) is 0.231. The predicted molar refractivity (Wildman–Crippen MR) is 131 cm³/mol. The van der Waals surface area contributed by atoms with Crippen LogP contribution in [0.5, 0.6) is 0 Å². The molecule has 0 aromatic heterocycles. The number of aryl methyl sites for hydroxylation is 1. The van der Waals surface area contributed by atoms with E-state index in [0.717, 1.165) is 10.6 Å². The topological polar surface area (TPSA) is 49.4 Å². The van der Waals surface area contributed by atoms with Gasteiger partial charge in [0.2, 0.25) is 11.8 Å². The molecule has 1 heterocycles. The zero-order valence-corrected chi connectivity index (χ0v) is 19.9. The quantitative estimate of drug-likeness (QED) is 0.448. The summed E-state index contributed by atoms with van der Waals surface area (Å²) in [6.07, 6.45) is 0.700. The summed E-state index contributed by atoms with van der Waals surface area (Å²) in [5.74, 6) is -1.12. The lowest BCUT2D eigenvalue weighted by molar-refractivity contribution is -0.140. The number of amides is 2. The second-order valence-corrected chi connectivity index (χ2v) is 8.76. The average molecular weight is 487 g/mol. The minimum absolute atomic E-state index is 0.0505. The Kier molecular flexibility index (Phi) is 8.48. The van der Waals surface area contributed by atoms with Crippen LogP contribution in [0.1, 0.15) is 30.0 Å². The second-order valence-electron chi connectivity index (χ2n) is 7.89. The summed E-state index contributed by atoms with van der Waals surface area (Å²) in [4.78, 5) is 26.7. The van der Waals surface area contributed by atoms with Crippen molar-refractivity contribution in [3.63, 3.8) is 0 Å². The maximum Gasteiger partial charge on any atom is 0.229 e. The van der Waals surface area contributed by atoms with Crippen molar-refractivity contribution in [2.45, 2.75) is 25.8 Å². The van der Waals surface area contributed by atoms with Crippen molar-refractivity contribution in [2.24, 2.45) is 5.92 Å². The molecule has 0 radical (unpaired) electrons. The largest absolute Gasteiger partial charge is 0.338 e. The minimum Gasteiger partial charge on any atom is -0.338 e. The molecule has 2 amide bonds. The summed E-state index contributed by atoms with van der Waals surface area (Å²) in [6.45, 7) is 1.85. The Morgan fingerprint density at radius 1 is 1.00 bits per heavy atom. The van der Waals surface area contributed by atoms with E-state index in [1.807, 2.05) is 37.3 Å². The highest BCUT2D eigenvalue weighted by molar-refractivity contribution is 6.31. The first-order chi connectivity index (χ1) is 15.8. The van der Waals surface area contributed by atoms with Crippen molar-refractivity contribution in [3.8, 4) is 0 Å². The highest BCUT2D eigenvalue weighted by Gasteiger charge is 2.39. The molecule has 1 unspecified atom stereocenters. The molecule has 1 aliphatic rings. The number of anilines is 1. The molecule has 1 aliphatic heterocycles. The van der Waals surface area contributed by atoms with Crippen LogP contribution in [0.3, 0.4) is 0 Å². The highest BCUT2D eigenvalue weighted by Crippen LogP contribution is 2.38. The highest BCUT2D eigenvalue weighted by atomic mass is 35.5. The van der Waals surface area contributed by atoms with Gasteiger partial charge in [-0.3, -0.25) is 9.59 Å². The number of carbonyl (C=O) groups excluding carboxylic acids is 2. The smallest absolute Gasteiger partial charge is 0.229 e. The summed E-state index contributed by atoms with van der Waals surface area (Å²) in [5, 5.41) is 4.18. The summed E-state index contributed by atoms with van der Waals surface area (Å²) in [7, 11) is 1.66. The Hall–Kier alpha value is -2.89. The van der Waals surface area contributed by atoms with Gasteiger partial charge in [-0.15, -0.1) is 0 Å². The Bertz CT molecular complexity index is 1120. The molecule has 2 atom stereocenters. The predicted octanol–water partition coefficient (Wildman–Crippen LogP) is 6.68. The van der Waals surface area contributed by atoms with E-state index < -0.39 is 12.0 Å². The molecule has 1 fully saturated rings. The van der Waals surface area contributed by atoms with Gasteiger partial charge in [-0.25, -0.2) is 4.39 Å². The van der Waals surface area contributed by atoms with E-state index in [0.29, 0.717) is 22.7 Å². The fourth-order valence-corrected chi connectivity index (χ4v) is 4.22. The summed E-state index contributed by atoms with van der Waals surface area (Å²) in [5.41, 5.74) is 2.10. The normalized spacial score (nSPS) is 17.7. The Morgan fingerprint density at radius 3 is 2.33 bits per heavy atom. The van der Waals surface area contributed by atoms with Gasteiger partial charge in [0.15, 0.2) is 0 Å². The third-order valence-corrected chi connectivity index (χ3v) is 6.07. The standard InChI is InChI=1S/C20H20ClFN2O2.C6H5Cl/c1-12-6-7-14(22)11-17(12)19-16(8-9-18(25)24(19)2)20(26)23-15-5-3-4-13(21)10-15;7-6-4-2-1-3-5-6/h3-7,10-11,16,19H,8-9H2,1-2H3,(H,23,26);1-5H/t16?,19-;/m0./s1. The van der Waals surface area contributed by atoms with Crippen LogP contribution in [0.2, 0.25) is 10.0 Å². The van der Waals surface area contributed by atoms with Gasteiger partial charge in [-0.2, -0.15) is 0 Å². The molecule has 172 valence electrons. The van der Waals surface area contributed by atoms with Gasteiger partial charge in [-0.05, 0) is 66.9 Å². The SMILES string of the molecule is Cc1ccc(F)cc1[C@@H]1C(C(=O)Nc2cccc(Cl)c2)CCC(=O)N1C.Clc1ccccc1. The third kappa shape index (κ3) is 6.56. The van der Waals surface area contributed by atoms with Crippen molar-refractivity contribution in [1.29, 1.82) is 0 Å². The summed E-state index contributed by atoms with van der Waals surface area (Å²) in [6, 6.07) is 20.3. The van der Waals surface area contributed by atoms with E-state index in [2.05, 4.69) is 5.32 Å². The van der Waals surface area contributed by atoms with Crippen LogP contribution in [-0.2, 0) is 9.59 Å². The first-order valence-corrected chi connectivity index (χ1v) is 11.3. The van der Waals surface area contributed by atoms with E-state index in [9.17, 15) is 14.0 Å². The number of halogens is 3. The molecular weight excluding hydrogens is 462 g/mol. The lowest BCUT2D eigenvalue weighted by atomic mass is 9.82. The monoisotopic (exact) mass is 486 g/mol. The van der Waals surface area contributed by atoms with Crippen LogP contribution in [0.4, 0.5) is 10.1 Å². The number of benzene rings is 3. The van der Waals surface area contributed by atoms with Gasteiger partial charge in [-0.1, -0.05) is 53.5 Å². The Morgan fingerprint density at radius 2 is 1.70 bits per heavy atom. The lowest BCUT2D eigenvalue weighted by Gasteiger charge is -2.39. The van der Waals surface area contributed by atoms with Crippen LogP contribution in [0.25, 0.3) is 0 Å². The molecule has 4 rings (SSSR count). The van der Waals surface area contributed by atoms with Gasteiger partial charge in [0, 0.05) is 29.2 Å². The lowest BCUT2D eigenvalue weighted by Crippen LogP contribution is -2.44. The van der Waals surface area contributed by atoms with Crippen molar-refractivity contribution in [2.75, 3.05) is 12.4 Å². The molecule has 7 heteroatoms. The maximum absolute atomic E-state index is 13.8. The third-order valence-electron chi connectivity index (χ3n) is 5.58. The van der Waals surface area contributed by atoms with Crippen molar-refractivity contribution < 1.29 is 14.0 Å². The number of nitrogens with one attached hydrogen (secondary N) is 1. The van der Waals surface area contributed by atoms with Gasteiger partial charge >= 0.3 is 0 Å². The molecule has 0 spiro atoms. The van der Waals surface area contributed by atoms with E-state index in [1.54, 1.807) is 42.3 Å². The maximum atomic E-state index is 13.8. The van der Waals surface area contributed by atoms with Crippen LogP contribution in [0, 0.1) is 18.7 Å². The molecule has 4 nitrogen and oxygen atoms in total. The molecule has 0 aliphatic carbocycles. The van der Waals surface area contributed by atoms with E-state index in [4.69, 9.17) is 23.2 Å². The number of likely N-dealkylation sites (tertiary alicyclic amines) is 1. The summed E-state index contributed by atoms with van der Waals surface area (Å²) >= 11 is 11.5. The van der Waals surface area contributed by atoms with Gasteiger partial charge in [0.1, 0.15) is 5.82 Å². The summed E-state index contributed by atoms with van der Waals surface area (Å²) < 4.78 is 13.8. The Labute approximate surface area is 203 Å². The number of piperidine rings is 1. The first kappa shape index (κ1) is 24.7. The molecule has 1 N–H and O–H groups in total. The number of nitrogens with zero attached hydrogens (tertiary/aromatic N) is 1. The van der Waals surface area contributed by atoms with Crippen molar-refractivity contribution in [1.82, 2.24) is 4.90 Å². The molecule has 1 saturated heterocycles. The number of hydrogen-bond acceptors (Lipinski definition) is 2. The first-order valence-electron chi connectivity index (χ1n) is 10.5. The van der Waals surface area contributed by atoms with E-state index >= 15 is 0 Å². The molecular formula is C26H25Cl2FN2O2. The zero-order valence-electron chi connectivity index (χ0n) is 18.4. The van der Waals surface area contributed by atoms with Crippen molar-refractivity contribution in [3.05, 3.63) is 99.8 Å². The van der Waals surface area contributed by atoms with Crippen molar-refractivity contribution >= 4 is 40.7 Å². The number of hydrogen-bond donors (Lipinski definition) is 1. The van der Waals surface area contributed by atoms with Crippen LogP contribution < -0.4 is 5.32 Å². The second kappa shape index (κ2) is 11.3. The van der Waals surface area contributed by atoms with Gasteiger partial charge < -0.3 is 10.2 Å². The molecule has 3 aromatic carbocycles. The van der Waals surface area contributed by atoms with Gasteiger partial charge in [0.05, 0.1) is 12.0 Å². The molecule has 33 heavy (non-hydrogen) atoms. The number of carbonyl (C=O) groups is 2. The van der Waals surface area contributed by atoms with Crippen LogP contribution in [-0.4, -0.2) is 23.8 Å². The molecule has 3 aromatic rings. The van der Waals surface area contributed by atoms with Gasteiger partial charge in [0.25, 0.3) is 0 Å². The van der Waals surface area contributed by atoms with Crippen LogP contribution >= 0.6 is 23.2 Å².